The number of nitrogens with one attached hydrogen (secondary N) is 3. The van der Waals surface area contributed by atoms with Gasteiger partial charge in [-0.1, -0.05) is 30.3 Å². The molecule has 0 bridgehead atoms. The zero-order valence-corrected chi connectivity index (χ0v) is 14.9. The molecule has 0 saturated carbocycles. The van der Waals surface area contributed by atoms with Gasteiger partial charge in [-0.05, 0) is 30.7 Å². The molecule has 4 atom stereocenters. The average molecular weight is 359 g/mol. The van der Waals surface area contributed by atoms with Gasteiger partial charge in [0.05, 0.1) is 13.2 Å². The summed E-state index contributed by atoms with van der Waals surface area (Å²) in [5.41, 5.74) is 1.20. The quantitative estimate of drug-likeness (QED) is 0.636. The number of ether oxygens (including phenoxy) is 1. The fourth-order valence-electron chi connectivity index (χ4n) is 3.70. The van der Waals surface area contributed by atoms with Crippen LogP contribution in [0.1, 0.15) is 30.7 Å². The first-order valence-corrected chi connectivity index (χ1v) is 9.02. The van der Waals surface area contributed by atoms with Crippen molar-refractivity contribution in [1.82, 2.24) is 16.0 Å². The SMILES string of the molecule is COC(=O)[C@H](C[C@@H]1CCNC1=O)NC(=O)[C@@H]1C[C@@H](c2ccccc2)CN1. The van der Waals surface area contributed by atoms with Gasteiger partial charge in [-0.25, -0.2) is 4.79 Å². The summed E-state index contributed by atoms with van der Waals surface area (Å²) in [4.78, 5) is 36.5. The lowest BCUT2D eigenvalue weighted by atomic mass is 9.95. The van der Waals surface area contributed by atoms with Crippen molar-refractivity contribution in [2.75, 3.05) is 20.2 Å². The molecule has 2 amide bonds. The molecular weight excluding hydrogens is 334 g/mol. The number of hydrogen-bond acceptors (Lipinski definition) is 5. The van der Waals surface area contributed by atoms with Crippen LogP contribution in [0.3, 0.4) is 0 Å². The van der Waals surface area contributed by atoms with Crippen molar-refractivity contribution in [3.05, 3.63) is 35.9 Å². The maximum absolute atomic E-state index is 12.6. The third-order valence-electron chi connectivity index (χ3n) is 5.20. The number of rotatable bonds is 6. The minimum atomic E-state index is -0.807. The van der Waals surface area contributed by atoms with Crippen LogP contribution in [0, 0.1) is 5.92 Å². The summed E-state index contributed by atoms with van der Waals surface area (Å²) in [6, 6.07) is 8.90. The third kappa shape index (κ3) is 4.22. The van der Waals surface area contributed by atoms with Crippen molar-refractivity contribution in [3.8, 4) is 0 Å². The van der Waals surface area contributed by atoms with Crippen molar-refractivity contribution in [2.24, 2.45) is 5.92 Å². The summed E-state index contributed by atoms with van der Waals surface area (Å²) in [5.74, 6) is -0.818. The summed E-state index contributed by atoms with van der Waals surface area (Å²) < 4.78 is 4.81. The molecule has 7 nitrogen and oxygen atoms in total. The Kier molecular flexibility index (Phi) is 5.88. The summed E-state index contributed by atoms with van der Waals surface area (Å²) in [6.45, 7) is 1.32. The van der Waals surface area contributed by atoms with Crippen LogP contribution in [-0.2, 0) is 19.1 Å². The molecule has 2 aliphatic heterocycles. The van der Waals surface area contributed by atoms with Gasteiger partial charge in [-0.15, -0.1) is 0 Å². The second-order valence-corrected chi connectivity index (χ2v) is 6.90. The standard InChI is InChI=1S/C19H25N3O4/c1-26-19(25)16(9-13-7-8-20-17(13)23)22-18(24)15-10-14(11-21-15)12-5-3-2-4-6-12/h2-6,13-16,21H,7-11H2,1H3,(H,20,23)(H,22,24)/t13-,14+,15-,16-/m0/s1. The van der Waals surface area contributed by atoms with Gasteiger partial charge >= 0.3 is 5.97 Å². The van der Waals surface area contributed by atoms with E-state index in [4.69, 9.17) is 4.74 Å². The number of methoxy groups -OCH3 is 1. The molecule has 26 heavy (non-hydrogen) atoms. The van der Waals surface area contributed by atoms with Crippen molar-refractivity contribution in [3.63, 3.8) is 0 Å². The number of amides is 2. The third-order valence-corrected chi connectivity index (χ3v) is 5.20. The molecule has 2 heterocycles. The summed E-state index contributed by atoms with van der Waals surface area (Å²) in [6.07, 6.45) is 1.60. The monoisotopic (exact) mass is 359 g/mol. The van der Waals surface area contributed by atoms with Gasteiger partial charge in [-0.2, -0.15) is 0 Å². The highest BCUT2D eigenvalue weighted by molar-refractivity contribution is 5.88. The number of carbonyl (C=O) groups is 3. The first-order chi connectivity index (χ1) is 12.6. The van der Waals surface area contributed by atoms with Crippen LogP contribution >= 0.6 is 0 Å². The van der Waals surface area contributed by atoms with E-state index in [1.54, 1.807) is 0 Å². The first-order valence-electron chi connectivity index (χ1n) is 9.02. The molecule has 3 N–H and O–H groups in total. The van der Waals surface area contributed by atoms with E-state index in [0.29, 0.717) is 19.4 Å². The lowest BCUT2D eigenvalue weighted by Crippen LogP contribution is -2.49. The van der Waals surface area contributed by atoms with E-state index in [9.17, 15) is 14.4 Å². The van der Waals surface area contributed by atoms with Gasteiger partial charge in [-0.3, -0.25) is 9.59 Å². The van der Waals surface area contributed by atoms with Crippen LogP contribution in [0.15, 0.2) is 30.3 Å². The van der Waals surface area contributed by atoms with Crippen molar-refractivity contribution in [2.45, 2.75) is 37.3 Å². The van der Waals surface area contributed by atoms with Crippen LogP contribution in [0.25, 0.3) is 0 Å². The highest BCUT2D eigenvalue weighted by atomic mass is 16.5. The van der Waals surface area contributed by atoms with E-state index >= 15 is 0 Å². The van der Waals surface area contributed by atoms with Crippen molar-refractivity contribution < 1.29 is 19.1 Å². The molecule has 2 aliphatic rings. The number of benzene rings is 1. The number of esters is 1. The zero-order valence-electron chi connectivity index (χ0n) is 14.9. The Labute approximate surface area is 152 Å². The molecule has 1 aromatic carbocycles. The molecule has 7 heteroatoms. The van der Waals surface area contributed by atoms with Gasteiger partial charge in [0.1, 0.15) is 6.04 Å². The molecule has 0 radical (unpaired) electrons. The van der Waals surface area contributed by atoms with Gasteiger partial charge in [0, 0.05) is 19.0 Å². The summed E-state index contributed by atoms with van der Waals surface area (Å²) in [7, 11) is 1.29. The Balaban J connectivity index is 1.59. The fourth-order valence-corrected chi connectivity index (χ4v) is 3.70. The smallest absolute Gasteiger partial charge is 0.328 e. The first kappa shape index (κ1) is 18.4. The van der Waals surface area contributed by atoms with Crippen LogP contribution in [0.2, 0.25) is 0 Å². The van der Waals surface area contributed by atoms with Crippen LogP contribution < -0.4 is 16.0 Å². The molecule has 0 unspecified atom stereocenters. The molecule has 2 saturated heterocycles. The topological polar surface area (TPSA) is 96.5 Å². The van der Waals surface area contributed by atoms with E-state index in [-0.39, 0.29) is 36.1 Å². The molecule has 1 aromatic rings. The van der Waals surface area contributed by atoms with Crippen LogP contribution in [0.5, 0.6) is 0 Å². The van der Waals surface area contributed by atoms with Gasteiger partial charge in [0.2, 0.25) is 11.8 Å². The van der Waals surface area contributed by atoms with Gasteiger partial charge in [0.15, 0.2) is 0 Å². The maximum atomic E-state index is 12.6. The van der Waals surface area contributed by atoms with E-state index in [2.05, 4.69) is 28.1 Å². The normalized spacial score (nSPS) is 26.2. The average Bonchev–Trinajstić information content (AvgIpc) is 3.31. The van der Waals surface area contributed by atoms with Crippen molar-refractivity contribution >= 4 is 17.8 Å². The number of carbonyl (C=O) groups excluding carboxylic acids is 3. The minimum Gasteiger partial charge on any atom is -0.467 e. The maximum Gasteiger partial charge on any atom is 0.328 e. The Hall–Kier alpha value is -2.41. The Morgan fingerprint density at radius 2 is 2.08 bits per heavy atom. The van der Waals surface area contributed by atoms with Crippen LogP contribution in [-0.4, -0.2) is 50.1 Å². The Morgan fingerprint density at radius 3 is 2.73 bits per heavy atom. The van der Waals surface area contributed by atoms with E-state index in [0.717, 1.165) is 6.54 Å². The highest BCUT2D eigenvalue weighted by Gasteiger charge is 2.35. The van der Waals surface area contributed by atoms with Gasteiger partial charge < -0.3 is 20.7 Å². The second kappa shape index (κ2) is 8.31. The largest absolute Gasteiger partial charge is 0.467 e. The molecule has 0 aromatic heterocycles. The van der Waals surface area contributed by atoms with E-state index < -0.39 is 12.0 Å². The lowest BCUT2D eigenvalue weighted by molar-refractivity contribution is -0.146. The van der Waals surface area contributed by atoms with E-state index in [1.165, 1.54) is 12.7 Å². The van der Waals surface area contributed by atoms with Crippen molar-refractivity contribution in [1.29, 1.82) is 0 Å². The Bertz CT molecular complexity index is 664. The van der Waals surface area contributed by atoms with Gasteiger partial charge in [0.25, 0.3) is 0 Å². The molecular formula is C19H25N3O4. The molecule has 0 spiro atoms. The second-order valence-electron chi connectivity index (χ2n) is 6.90. The Morgan fingerprint density at radius 1 is 1.31 bits per heavy atom. The molecule has 140 valence electrons. The summed E-state index contributed by atoms with van der Waals surface area (Å²) in [5, 5.41) is 8.75. The fraction of sp³-hybridized carbons (Fsp3) is 0.526. The molecule has 2 fully saturated rings. The predicted molar refractivity (Wildman–Crippen MR) is 95.3 cm³/mol. The van der Waals surface area contributed by atoms with Crippen LogP contribution in [0.4, 0.5) is 0 Å². The lowest BCUT2D eigenvalue weighted by Gasteiger charge is -2.21. The summed E-state index contributed by atoms with van der Waals surface area (Å²) >= 11 is 0. The molecule has 0 aliphatic carbocycles. The predicted octanol–water partition coefficient (Wildman–Crippen LogP) is 0.316. The number of hydrogen-bond donors (Lipinski definition) is 3. The minimum absolute atomic E-state index is 0.0729. The zero-order chi connectivity index (χ0) is 18.5. The van der Waals surface area contributed by atoms with E-state index in [1.807, 2.05) is 18.2 Å². The molecule has 3 rings (SSSR count). The highest BCUT2D eigenvalue weighted by Crippen LogP contribution is 2.26.